The number of ether oxygens (including phenoxy) is 2. The summed E-state index contributed by atoms with van der Waals surface area (Å²) in [6, 6.07) is 9.30. The Balaban J connectivity index is 2.13. The molecule has 19 heavy (non-hydrogen) atoms. The molecule has 0 spiro atoms. The van der Waals surface area contributed by atoms with Gasteiger partial charge in [0, 0.05) is 0 Å². The predicted molar refractivity (Wildman–Crippen MR) is 73.7 cm³/mol. The highest BCUT2D eigenvalue weighted by molar-refractivity contribution is 5.86. The van der Waals surface area contributed by atoms with E-state index in [1.165, 1.54) is 0 Å². The van der Waals surface area contributed by atoms with Gasteiger partial charge in [-0.15, -0.1) is 0 Å². The average Bonchev–Trinajstić information content (AvgIpc) is 2.97. The lowest BCUT2D eigenvalue weighted by atomic mass is 10.1. The normalized spacial score (nSPS) is 20.8. The second-order valence-corrected chi connectivity index (χ2v) is 5.47. The zero-order valence-corrected chi connectivity index (χ0v) is 11.7. The molecule has 1 aromatic carbocycles. The van der Waals surface area contributed by atoms with Crippen LogP contribution < -0.4 is 4.74 Å². The van der Waals surface area contributed by atoms with E-state index in [2.05, 4.69) is 13.8 Å². The lowest BCUT2D eigenvalue weighted by Crippen LogP contribution is -2.13. The van der Waals surface area contributed by atoms with Crippen molar-refractivity contribution in [1.82, 2.24) is 0 Å². The van der Waals surface area contributed by atoms with Crippen LogP contribution in [0.1, 0.15) is 27.2 Å². The van der Waals surface area contributed by atoms with Gasteiger partial charge in [0.05, 0.1) is 6.61 Å². The molecule has 3 heteroatoms. The van der Waals surface area contributed by atoms with Crippen LogP contribution in [0.5, 0.6) is 5.75 Å². The predicted octanol–water partition coefficient (Wildman–Crippen LogP) is 3.56. The molecule has 0 saturated heterocycles. The molecule has 1 saturated carbocycles. The topological polar surface area (TPSA) is 35.5 Å². The quantitative estimate of drug-likeness (QED) is 0.461. The number of para-hydroxylation sites is 1. The number of rotatable bonds is 5. The van der Waals surface area contributed by atoms with E-state index in [0.29, 0.717) is 24.0 Å². The molecule has 102 valence electrons. The highest BCUT2D eigenvalue weighted by Gasteiger charge is 2.44. The second-order valence-electron chi connectivity index (χ2n) is 5.47. The molecule has 1 aliphatic rings. The molecule has 0 aliphatic heterocycles. The Morgan fingerprint density at radius 1 is 1.37 bits per heavy atom. The van der Waals surface area contributed by atoms with Gasteiger partial charge in [0.2, 0.25) is 5.76 Å². The summed E-state index contributed by atoms with van der Waals surface area (Å²) in [5, 5.41) is 0. The molecule has 2 rings (SSSR count). The van der Waals surface area contributed by atoms with Crippen LogP contribution in [0.2, 0.25) is 0 Å². The first-order chi connectivity index (χ1) is 9.03. The second kappa shape index (κ2) is 5.47. The summed E-state index contributed by atoms with van der Waals surface area (Å²) >= 11 is 0. The maximum Gasteiger partial charge on any atom is 0.373 e. The van der Waals surface area contributed by atoms with Gasteiger partial charge in [0.15, 0.2) is 0 Å². The molecule has 0 amide bonds. The summed E-state index contributed by atoms with van der Waals surface area (Å²) in [6.45, 7) is 6.50. The van der Waals surface area contributed by atoms with Crippen LogP contribution in [0.3, 0.4) is 0 Å². The van der Waals surface area contributed by atoms with Crippen molar-refractivity contribution in [2.45, 2.75) is 27.2 Å². The van der Waals surface area contributed by atoms with Crippen molar-refractivity contribution in [3.05, 3.63) is 42.2 Å². The average molecular weight is 260 g/mol. The van der Waals surface area contributed by atoms with Gasteiger partial charge in [-0.05, 0) is 42.9 Å². The van der Waals surface area contributed by atoms with Crippen molar-refractivity contribution in [3.8, 4) is 5.75 Å². The third-order valence-corrected chi connectivity index (χ3v) is 3.39. The summed E-state index contributed by atoms with van der Waals surface area (Å²) in [6.07, 6.45) is 2.97. The van der Waals surface area contributed by atoms with Crippen molar-refractivity contribution in [2.75, 3.05) is 6.61 Å². The molecule has 1 unspecified atom stereocenters. The smallest absolute Gasteiger partial charge is 0.373 e. The van der Waals surface area contributed by atoms with E-state index in [0.717, 1.165) is 6.42 Å². The van der Waals surface area contributed by atoms with Gasteiger partial charge in [-0.25, -0.2) is 4.79 Å². The van der Waals surface area contributed by atoms with Crippen molar-refractivity contribution in [1.29, 1.82) is 0 Å². The Bertz CT molecular complexity index is 474. The third-order valence-electron chi connectivity index (χ3n) is 3.39. The van der Waals surface area contributed by atoms with E-state index in [9.17, 15) is 4.79 Å². The van der Waals surface area contributed by atoms with Crippen molar-refractivity contribution >= 4 is 5.97 Å². The van der Waals surface area contributed by atoms with Gasteiger partial charge in [-0.3, -0.25) is 0 Å². The van der Waals surface area contributed by atoms with E-state index < -0.39 is 5.97 Å². The zero-order chi connectivity index (χ0) is 13.9. The van der Waals surface area contributed by atoms with Crippen LogP contribution in [-0.4, -0.2) is 12.6 Å². The number of hydrogen-bond acceptors (Lipinski definition) is 3. The molecular weight excluding hydrogens is 240 g/mol. The minimum atomic E-state index is -0.394. The highest BCUT2D eigenvalue weighted by atomic mass is 16.6. The van der Waals surface area contributed by atoms with Crippen LogP contribution in [0.15, 0.2) is 42.2 Å². The molecule has 1 aliphatic carbocycles. The Hall–Kier alpha value is -1.77. The Morgan fingerprint density at radius 2 is 2.00 bits per heavy atom. The van der Waals surface area contributed by atoms with Crippen LogP contribution in [0, 0.1) is 11.3 Å². The maximum atomic E-state index is 11.9. The fourth-order valence-electron chi connectivity index (χ4n) is 1.94. The first-order valence-corrected chi connectivity index (χ1v) is 6.65. The Kier molecular flexibility index (Phi) is 3.93. The molecule has 3 nitrogen and oxygen atoms in total. The van der Waals surface area contributed by atoms with E-state index in [1.54, 1.807) is 6.92 Å². The van der Waals surface area contributed by atoms with E-state index in [1.807, 2.05) is 36.4 Å². The standard InChI is InChI=1S/C16H20O3/c1-4-18-15(17)14(10-12-11-16(12,2)3)19-13-8-6-5-7-9-13/h5-10,12H,4,11H2,1-3H3. The molecule has 0 heterocycles. The monoisotopic (exact) mass is 260 g/mol. The van der Waals surface area contributed by atoms with Gasteiger partial charge < -0.3 is 9.47 Å². The summed E-state index contributed by atoms with van der Waals surface area (Å²) in [7, 11) is 0. The van der Waals surface area contributed by atoms with E-state index in [-0.39, 0.29) is 5.41 Å². The Labute approximate surface area is 114 Å². The SMILES string of the molecule is CCOC(=O)C(=CC1CC1(C)C)Oc1ccccc1. The van der Waals surface area contributed by atoms with Crippen molar-refractivity contribution < 1.29 is 14.3 Å². The number of benzene rings is 1. The minimum Gasteiger partial charge on any atom is -0.460 e. The number of carbonyl (C=O) groups excluding carboxylic acids is 1. The number of allylic oxidation sites excluding steroid dienone is 1. The van der Waals surface area contributed by atoms with Crippen LogP contribution in [0.25, 0.3) is 0 Å². The lowest BCUT2D eigenvalue weighted by Gasteiger charge is -2.09. The van der Waals surface area contributed by atoms with Gasteiger partial charge in [0.25, 0.3) is 0 Å². The van der Waals surface area contributed by atoms with Crippen LogP contribution in [-0.2, 0) is 9.53 Å². The van der Waals surface area contributed by atoms with Gasteiger partial charge in [-0.1, -0.05) is 32.0 Å². The Morgan fingerprint density at radius 3 is 2.53 bits per heavy atom. The fraction of sp³-hybridized carbons (Fsp3) is 0.438. The minimum absolute atomic E-state index is 0.262. The van der Waals surface area contributed by atoms with Gasteiger partial charge >= 0.3 is 5.97 Å². The molecular formula is C16H20O3. The first kappa shape index (κ1) is 13.7. The molecule has 1 fully saturated rings. The summed E-state index contributed by atoms with van der Waals surface area (Å²) < 4.78 is 10.7. The van der Waals surface area contributed by atoms with Crippen molar-refractivity contribution in [3.63, 3.8) is 0 Å². The molecule has 0 aromatic heterocycles. The van der Waals surface area contributed by atoms with Crippen molar-refractivity contribution in [2.24, 2.45) is 11.3 Å². The molecule has 0 bridgehead atoms. The van der Waals surface area contributed by atoms with E-state index >= 15 is 0 Å². The summed E-state index contributed by atoms with van der Waals surface area (Å²) in [5.41, 5.74) is 0.262. The van der Waals surface area contributed by atoms with Gasteiger partial charge in [0.1, 0.15) is 5.75 Å². The molecule has 0 radical (unpaired) electrons. The summed E-state index contributed by atoms with van der Waals surface area (Å²) in [5.74, 6) is 0.938. The van der Waals surface area contributed by atoms with Crippen LogP contribution >= 0.6 is 0 Å². The fourth-order valence-corrected chi connectivity index (χ4v) is 1.94. The summed E-state index contributed by atoms with van der Waals surface area (Å²) in [4.78, 5) is 11.9. The number of hydrogen-bond donors (Lipinski definition) is 0. The maximum absolute atomic E-state index is 11.9. The molecule has 1 aromatic rings. The molecule has 0 N–H and O–H groups in total. The number of carbonyl (C=O) groups is 1. The lowest BCUT2D eigenvalue weighted by molar-refractivity contribution is -0.141. The largest absolute Gasteiger partial charge is 0.460 e. The zero-order valence-electron chi connectivity index (χ0n) is 11.7. The van der Waals surface area contributed by atoms with Gasteiger partial charge in [-0.2, -0.15) is 0 Å². The molecule has 1 atom stereocenters. The third kappa shape index (κ3) is 3.60. The van der Waals surface area contributed by atoms with E-state index in [4.69, 9.17) is 9.47 Å². The first-order valence-electron chi connectivity index (χ1n) is 6.65. The number of esters is 1. The van der Waals surface area contributed by atoms with Crippen LogP contribution in [0.4, 0.5) is 0 Å². The highest BCUT2D eigenvalue weighted by Crippen LogP contribution is 2.52.